The molecule has 1 aliphatic heterocycles. The second-order valence-corrected chi connectivity index (χ2v) is 3.94. The van der Waals surface area contributed by atoms with Crippen molar-refractivity contribution in [3.63, 3.8) is 0 Å². The summed E-state index contributed by atoms with van der Waals surface area (Å²) in [4.78, 5) is 3.97. The van der Waals surface area contributed by atoms with Crippen molar-refractivity contribution in [3.8, 4) is 0 Å². The normalized spacial score (nSPS) is 28.3. The van der Waals surface area contributed by atoms with Crippen LogP contribution in [-0.2, 0) is 0 Å². The molecular weight excluding hydrogens is 154 g/mol. The Morgan fingerprint density at radius 3 is 2.42 bits per heavy atom. The van der Waals surface area contributed by atoms with Gasteiger partial charge in [0.2, 0.25) is 6.34 Å². The van der Waals surface area contributed by atoms with E-state index >= 15 is 0 Å². The van der Waals surface area contributed by atoms with Crippen molar-refractivity contribution in [1.29, 1.82) is 0 Å². The molecule has 0 bridgehead atoms. The standard InChI is InChI=1S/C8H16N3O/c1-8(2,3)11(4-5-12)7-9-6-10-11/h6-7,12H,4-5H2,1-3H3/q+1. The van der Waals surface area contributed by atoms with E-state index in [0.29, 0.717) is 11.1 Å². The Bertz CT molecular complexity index is 203. The second-order valence-electron chi connectivity index (χ2n) is 3.94. The van der Waals surface area contributed by atoms with Crippen LogP contribution in [0.3, 0.4) is 0 Å². The van der Waals surface area contributed by atoms with Gasteiger partial charge >= 0.3 is 0 Å². The van der Waals surface area contributed by atoms with Gasteiger partial charge in [0.25, 0.3) is 0 Å². The molecule has 0 saturated heterocycles. The van der Waals surface area contributed by atoms with Crippen molar-refractivity contribution in [3.05, 3.63) is 0 Å². The van der Waals surface area contributed by atoms with Gasteiger partial charge < -0.3 is 5.11 Å². The molecule has 0 aromatic carbocycles. The Balaban J connectivity index is 2.88. The summed E-state index contributed by atoms with van der Waals surface area (Å²) in [5, 5.41) is 13.2. The topological polar surface area (TPSA) is 45.0 Å². The van der Waals surface area contributed by atoms with E-state index in [2.05, 4.69) is 30.9 Å². The first-order valence-electron chi connectivity index (χ1n) is 4.09. The van der Waals surface area contributed by atoms with E-state index in [4.69, 9.17) is 5.11 Å². The lowest BCUT2D eigenvalue weighted by Gasteiger charge is -2.36. The highest BCUT2D eigenvalue weighted by Crippen LogP contribution is 2.24. The molecule has 12 heavy (non-hydrogen) atoms. The minimum Gasteiger partial charge on any atom is -0.390 e. The van der Waals surface area contributed by atoms with Crippen molar-refractivity contribution in [2.24, 2.45) is 10.1 Å². The Morgan fingerprint density at radius 1 is 1.42 bits per heavy atom. The van der Waals surface area contributed by atoms with Gasteiger partial charge in [-0.3, -0.25) is 0 Å². The third-order valence-corrected chi connectivity index (χ3v) is 2.18. The van der Waals surface area contributed by atoms with E-state index in [0.717, 1.165) is 0 Å². The van der Waals surface area contributed by atoms with Gasteiger partial charge in [0, 0.05) is 0 Å². The van der Waals surface area contributed by atoms with Crippen LogP contribution in [0.15, 0.2) is 10.1 Å². The number of rotatable bonds is 2. The van der Waals surface area contributed by atoms with E-state index < -0.39 is 0 Å². The average Bonchev–Trinajstić information content (AvgIpc) is 2.36. The van der Waals surface area contributed by atoms with Gasteiger partial charge in [-0.25, -0.2) is 0 Å². The minimum absolute atomic E-state index is 0.0424. The monoisotopic (exact) mass is 170 g/mol. The lowest BCUT2D eigenvalue weighted by atomic mass is 10.1. The highest BCUT2D eigenvalue weighted by molar-refractivity contribution is 5.71. The third-order valence-electron chi connectivity index (χ3n) is 2.18. The second kappa shape index (κ2) is 2.95. The number of aliphatic imine (C=N–C) groups is 1. The molecule has 4 nitrogen and oxygen atoms in total. The summed E-state index contributed by atoms with van der Waals surface area (Å²) in [5.74, 6) is 0. The smallest absolute Gasteiger partial charge is 0.218 e. The Kier molecular flexibility index (Phi) is 2.30. The first-order chi connectivity index (χ1) is 5.52. The Morgan fingerprint density at radius 2 is 2.08 bits per heavy atom. The van der Waals surface area contributed by atoms with Crippen LogP contribution in [0.25, 0.3) is 0 Å². The van der Waals surface area contributed by atoms with Crippen molar-refractivity contribution < 1.29 is 9.70 Å². The number of aliphatic hydroxyl groups excluding tert-OH is 1. The first-order valence-corrected chi connectivity index (χ1v) is 4.09. The number of hydrogen-bond acceptors (Lipinski definition) is 3. The zero-order chi connectivity index (χ0) is 9.24. The fourth-order valence-corrected chi connectivity index (χ4v) is 1.24. The maximum Gasteiger partial charge on any atom is 0.218 e. The molecule has 0 aromatic rings. The molecule has 0 amide bonds. The summed E-state index contributed by atoms with van der Waals surface area (Å²) in [6.45, 7) is 6.95. The first kappa shape index (κ1) is 9.35. The fraction of sp³-hybridized carbons (Fsp3) is 0.750. The Labute approximate surface area is 72.8 Å². The SMILES string of the molecule is CC(C)(C)[N+]1(CCO)C=NC=N1. The predicted octanol–water partition coefficient (Wildman–Crippen LogP) is 0.579. The highest BCUT2D eigenvalue weighted by Gasteiger charge is 2.41. The number of hydrogen-bond donors (Lipinski definition) is 1. The molecule has 1 N–H and O–H groups in total. The number of quaternary nitrogens is 1. The van der Waals surface area contributed by atoms with E-state index in [9.17, 15) is 0 Å². The number of aliphatic hydroxyl groups is 1. The van der Waals surface area contributed by atoms with Gasteiger partial charge in [0.05, 0.1) is 6.61 Å². The summed E-state index contributed by atoms with van der Waals surface area (Å²) in [6, 6.07) is 0. The molecule has 1 rings (SSSR count). The molecule has 0 fully saturated rings. The molecule has 1 heterocycles. The van der Waals surface area contributed by atoms with Gasteiger partial charge in [-0.15, -0.1) is 4.59 Å². The largest absolute Gasteiger partial charge is 0.390 e. The lowest BCUT2D eigenvalue weighted by Crippen LogP contribution is -2.55. The van der Waals surface area contributed by atoms with Crippen LogP contribution in [0.5, 0.6) is 0 Å². The van der Waals surface area contributed by atoms with Gasteiger partial charge in [-0.05, 0) is 20.8 Å². The van der Waals surface area contributed by atoms with Crippen molar-refractivity contribution >= 4 is 12.7 Å². The molecule has 0 saturated carbocycles. The average molecular weight is 170 g/mol. The van der Waals surface area contributed by atoms with Crippen molar-refractivity contribution in [2.75, 3.05) is 13.2 Å². The van der Waals surface area contributed by atoms with E-state index in [1.807, 2.05) is 0 Å². The van der Waals surface area contributed by atoms with E-state index in [1.54, 1.807) is 12.7 Å². The zero-order valence-corrected chi connectivity index (χ0v) is 7.86. The third kappa shape index (κ3) is 1.40. The van der Waals surface area contributed by atoms with E-state index in [-0.39, 0.29) is 12.1 Å². The van der Waals surface area contributed by atoms with E-state index in [1.165, 1.54) is 0 Å². The van der Waals surface area contributed by atoms with Crippen LogP contribution < -0.4 is 0 Å². The maximum atomic E-state index is 8.90. The van der Waals surface area contributed by atoms with Crippen LogP contribution in [0.2, 0.25) is 0 Å². The maximum absolute atomic E-state index is 8.90. The zero-order valence-electron chi connectivity index (χ0n) is 7.86. The molecule has 0 aliphatic carbocycles. The van der Waals surface area contributed by atoms with Gasteiger partial charge in [-0.1, -0.05) is 5.10 Å². The van der Waals surface area contributed by atoms with Crippen molar-refractivity contribution in [2.45, 2.75) is 26.3 Å². The van der Waals surface area contributed by atoms with Crippen LogP contribution in [0.1, 0.15) is 20.8 Å². The minimum atomic E-state index is -0.0424. The molecule has 0 radical (unpaired) electrons. The number of nitrogens with zero attached hydrogens (tertiary/aromatic N) is 3. The Hall–Kier alpha value is -0.740. The molecule has 68 valence electrons. The van der Waals surface area contributed by atoms with Crippen molar-refractivity contribution in [1.82, 2.24) is 0 Å². The molecule has 1 unspecified atom stereocenters. The molecule has 0 spiro atoms. The summed E-state index contributed by atoms with van der Waals surface area (Å²) >= 11 is 0. The molecule has 1 atom stereocenters. The fourth-order valence-electron chi connectivity index (χ4n) is 1.24. The summed E-state index contributed by atoms with van der Waals surface area (Å²) in [5.41, 5.74) is -0.0424. The van der Waals surface area contributed by atoms with Crippen LogP contribution in [0.4, 0.5) is 0 Å². The summed E-state index contributed by atoms with van der Waals surface area (Å²) in [7, 11) is 0. The van der Waals surface area contributed by atoms with Gasteiger partial charge in [0.1, 0.15) is 12.1 Å². The summed E-state index contributed by atoms with van der Waals surface area (Å²) < 4.78 is 0.392. The quantitative estimate of drug-likeness (QED) is 0.605. The van der Waals surface area contributed by atoms with Crippen LogP contribution >= 0.6 is 0 Å². The van der Waals surface area contributed by atoms with Gasteiger partial charge in [-0.2, -0.15) is 4.99 Å². The lowest BCUT2D eigenvalue weighted by molar-refractivity contribution is -0.887. The molecule has 0 aromatic heterocycles. The van der Waals surface area contributed by atoms with Gasteiger partial charge in [0.15, 0.2) is 6.34 Å². The molecule has 1 aliphatic rings. The summed E-state index contributed by atoms with van der Waals surface area (Å²) in [6.07, 6.45) is 3.32. The van der Waals surface area contributed by atoms with Crippen LogP contribution in [0, 0.1) is 0 Å². The van der Waals surface area contributed by atoms with Crippen LogP contribution in [-0.4, -0.2) is 41.1 Å². The predicted molar refractivity (Wildman–Crippen MR) is 49.0 cm³/mol. The molecule has 4 heteroatoms. The highest BCUT2D eigenvalue weighted by atomic mass is 16.3. The molecular formula is C8H16N3O+.